The summed E-state index contributed by atoms with van der Waals surface area (Å²) in [5.74, 6) is -0.757. The SMILES string of the molecule is CC[C@@]1(O)C(=O)OCc2c1cc1n(c2=O)Cc2c-1[nH]c1ccc(C)cc1c2=O. The maximum absolute atomic E-state index is 13.1. The summed E-state index contributed by atoms with van der Waals surface area (Å²) in [5.41, 5.74) is 1.40. The number of aromatic nitrogens is 2. The van der Waals surface area contributed by atoms with Crippen LogP contribution in [0.4, 0.5) is 0 Å². The van der Waals surface area contributed by atoms with Gasteiger partial charge >= 0.3 is 5.97 Å². The largest absolute Gasteiger partial charge is 0.458 e. The molecule has 0 amide bonds. The molecule has 2 aliphatic heterocycles. The van der Waals surface area contributed by atoms with Crippen LogP contribution in [0.1, 0.15) is 35.6 Å². The van der Waals surface area contributed by atoms with Crippen molar-refractivity contribution in [2.24, 2.45) is 0 Å². The molecule has 4 heterocycles. The Labute approximate surface area is 159 Å². The number of aromatic amines is 1. The number of fused-ring (bicyclic) bond motifs is 5. The topological polar surface area (TPSA) is 101 Å². The molecular formula is C21H18N2O5. The number of nitrogens with one attached hydrogen (secondary N) is 1. The Kier molecular flexibility index (Phi) is 3.28. The number of ether oxygens (including phenoxy) is 1. The minimum absolute atomic E-state index is 0.0854. The minimum Gasteiger partial charge on any atom is -0.458 e. The molecule has 1 aromatic carbocycles. The highest BCUT2D eigenvalue weighted by Gasteiger charge is 2.45. The Hall–Kier alpha value is -3.19. The molecule has 0 aliphatic carbocycles. The summed E-state index contributed by atoms with van der Waals surface area (Å²) in [6.45, 7) is 3.55. The van der Waals surface area contributed by atoms with Crippen molar-refractivity contribution in [1.29, 1.82) is 0 Å². The van der Waals surface area contributed by atoms with Gasteiger partial charge in [-0.25, -0.2) is 4.79 Å². The fraction of sp³-hybridized carbons (Fsp3) is 0.286. The molecule has 0 fully saturated rings. The first-order chi connectivity index (χ1) is 13.3. The van der Waals surface area contributed by atoms with E-state index in [0.29, 0.717) is 27.9 Å². The maximum Gasteiger partial charge on any atom is 0.343 e. The number of benzene rings is 1. The van der Waals surface area contributed by atoms with Crippen molar-refractivity contribution >= 4 is 16.9 Å². The molecule has 0 saturated carbocycles. The molecule has 5 rings (SSSR count). The molecule has 0 bridgehead atoms. The molecule has 0 unspecified atom stereocenters. The third kappa shape index (κ3) is 1.99. The lowest BCUT2D eigenvalue weighted by Crippen LogP contribution is -2.44. The molecule has 0 radical (unpaired) electrons. The van der Waals surface area contributed by atoms with Crippen molar-refractivity contribution in [3.63, 3.8) is 0 Å². The first-order valence-corrected chi connectivity index (χ1v) is 9.18. The molecule has 2 aromatic heterocycles. The number of aryl methyl sites for hydroxylation is 1. The number of cyclic esters (lactones) is 1. The zero-order valence-corrected chi connectivity index (χ0v) is 15.5. The van der Waals surface area contributed by atoms with Gasteiger partial charge in [-0.05, 0) is 31.5 Å². The van der Waals surface area contributed by atoms with Gasteiger partial charge in [-0.3, -0.25) is 9.59 Å². The number of nitrogens with zero attached hydrogens (tertiary/aromatic N) is 1. The van der Waals surface area contributed by atoms with Crippen molar-refractivity contribution < 1.29 is 14.6 Å². The van der Waals surface area contributed by atoms with Gasteiger partial charge in [0.25, 0.3) is 5.56 Å². The third-order valence-electron chi connectivity index (χ3n) is 5.87. The Bertz CT molecular complexity index is 1320. The molecular weight excluding hydrogens is 360 g/mol. The highest BCUT2D eigenvalue weighted by Crippen LogP contribution is 2.37. The van der Waals surface area contributed by atoms with Crippen LogP contribution in [0.3, 0.4) is 0 Å². The summed E-state index contributed by atoms with van der Waals surface area (Å²) >= 11 is 0. The Morgan fingerprint density at radius 2 is 2.00 bits per heavy atom. The molecule has 28 heavy (non-hydrogen) atoms. The average molecular weight is 378 g/mol. The van der Waals surface area contributed by atoms with E-state index in [1.807, 2.05) is 25.1 Å². The predicted octanol–water partition coefficient (Wildman–Crippen LogP) is 1.68. The summed E-state index contributed by atoms with van der Waals surface area (Å²) in [4.78, 5) is 41.6. The van der Waals surface area contributed by atoms with Crippen LogP contribution in [-0.2, 0) is 28.3 Å². The highest BCUT2D eigenvalue weighted by molar-refractivity contribution is 5.86. The van der Waals surface area contributed by atoms with Crippen molar-refractivity contribution in [3.8, 4) is 11.4 Å². The minimum atomic E-state index is -1.86. The number of carbonyl (C=O) groups is 1. The van der Waals surface area contributed by atoms with E-state index in [1.165, 1.54) is 4.57 Å². The number of rotatable bonds is 1. The number of hydrogen-bond acceptors (Lipinski definition) is 5. The van der Waals surface area contributed by atoms with Gasteiger partial charge in [0.05, 0.1) is 23.5 Å². The van der Waals surface area contributed by atoms with Gasteiger partial charge < -0.3 is 19.4 Å². The van der Waals surface area contributed by atoms with Crippen molar-refractivity contribution in [3.05, 3.63) is 67.1 Å². The standard InChI is InChI=1S/C21H18N2O5/c1-3-21(27)14-7-16-17-12(8-23(16)19(25)13(14)9-28-20(21)26)18(24)11-6-10(2)4-5-15(11)22-17/h4-7,27H,3,8-9H2,1-2H3,(H,22,24)/t21-/m0/s1. The van der Waals surface area contributed by atoms with E-state index in [0.717, 1.165) is 5.56 Å². The Balaban J connectivity index is 1.84. The summed E-state index contributed by atoms with van der Waals surface area (Å²) in [7, 11) is 0. The molecule has 142 valence electrons. The summed E-state index contributed by atoms with van der Waals surface area (Å²) < 4.78 is 6.56. The van der Waals surface area contributed by atoms with E-state index >= 15 is 0 Å². The first-order valence-electron chi connectivity index (χ1n) is 9.18. The van der Waals surface area contributed by atoms with Crippen molar-refractivity contribution in [2.45, 2.75) is 39.0 Å². The van der Waals surface area contributed by atoms with Crippen LogP contribution in [0, 0.1) is 6.92 Å². The number of carbonyl (C=O) groups excluding carboxylic acids is 1. The number of H-pyrrole nitrogens is 1. The molecule has 0 saturated heterocycles. The lowest BCUT2D eigenvalue weighted by molar-refractivity contribution is -0.172. The van der Waals surface area contributed by atoms with E-state index in [2.05, 4.69) is 4.98 Å². The fourth-order valence-electron chi connectivity index (χ4n) is 4.23. The number of esters is 1. The Morgan fingerprint density at radius 3 is 2.75 bits per heavy atom. The molecule has 7 nitrogen and oxygen atoms in total. The predicted molar refractivity (Wildman–Crippen MR) is 102 cm³/mol. The summed E-state index contributed by atoms with van der Waals surface area (Å²) in [6.07, 6.45) is 0.0854. The molecule has 0 spiro atoms. The van der Waals surface area contributed by atoms with Crippen LogP contribution < -0.4 is 11.0 Å². The van der Waals surface area contributed by atoms with Crippen LogP contribution in [0.15, 0.2) is 33.9 Å². The molecule has 2 N–H and O–H groups in total. The second kappa shape index (κ2) is 5.42. The molecule has 1 atom stereocenters. The quantitative estimate of drug-likeness (QED) is 0.491. The number of aliphatic hydroxyl groups is 1. The second-order valence-corrected chi connectivity index (χ2v) is 7.46. The van der Waals surface area contributed by atoms with Gasteiger partial charge in [-0.15, -0.1) is 0 Å². The lowest BCUT2D eigenvalue weighted by Gasteiger charge is -2.31. The number of hydrogen-bond donors (Lipinski definition) is 2. The van der Waals surface area contributed by atoms with E-state index in [9.17, 15) is 19.5 Å². The van der Waals surface area contributed by atoms with E-state index < -0.39 is 11.6 Å². The normalized spacial score (nSPS) is 19.9. The zero-order chi connectivity index (χ0) is 19.8. The maximum atomic E-state index is 13.1. The van der Waals surface area contributed by atoms with Crippen LogP contribution >= 0.6 is 0 Å². The summed E-state index contributed by atoms with van der Waals surface area (Å²) in [6, 6.07) is 7.21. The fourth-order valence-corrected chi connectivity index (χ4v) is 4.23. The van der Waals surface area contributed by atoms with E-state index in [1.54, 1.807) is 13.0 Å². The monoisotopic (exact) mass is 378 g/mol. The molecule has 2 aliphatic rings. The van der Waals surface area contributed by atoms with Gasteiger partial charge in [-0.1, -0.05) is 18.6 Å². The van der Waals surface area contributed by atoms with Gasteiger partial charge in [0, 0.05) is 22.0 Å². The van der Waals surface area contributed by atoms with Crippen LogP contribution in [0.25, 0.3) is 22.3 Å². The molecule has 7 heteroatoms. The Morgan fingerprint density at radius 1 is 1.21 bits per heavy atom. The first kappa shape index (κ1) is 16.9. The zero-order valence-electron chi connectivity index (χ0n) is 15.5. The lowest BCUT2D eigenvalue weighted by atomic mass is 9.86. The highest BCUT2D eigenvalue weighted by atomic mass is 16.6. The number of pyridine rings is 2. The van der Waals surface area contributed by atoms with Gasteiger partial charge in [0.2, 0.25) is 0 Å². The van der Waals surface area contributed by atoms with Crippen molar-refractivity contribution in [1.82, 2.24) is 9.55 Å². The van der Waals surface area contributed by atoms with E-state index in [4.69, 9.17) is 4.74 Å². The summed E-state index contributed by atoms with van der Waals surface area (Å²) in [5, 5.41) is 11.4. The van der Waals surface area contributed by atoms with E-state index in [-0.39, 0.29) is 41.7 Å². The molecule has 3 aromatic rings. The van der Waals surface area contributed by atoms with Crippen LogP contribution in [0.5, 0.6) is 0 Å². The van der Waals surface area contributed by atoms with Gasteiger partial charge in [-0.2, -0.15) is 0 Å². The smallest absolute Gasteiger partial charge is 0.343 e. The van der Waals surface area contributed by atoms with Crippen molar-refractivity contribution in [2.75, 3.05) is 0 Å². The van der Waals surface area contributed by atoms with Crippen LogP contribution in [0.2, 0.25) is 0 Å². The van der Waals surface area contributed by atoms with Crippen LogP contribution in [-0.4, -0.2) is 20.6 Å². The van der Waals surface area contributed by atoms with Gasteiger partial charge in [0.1, 0.15) is 6.61 Å². The third-order valence-corrected chi connectivity index (χ3v) is 5.87. The second-order valence-electron chi connectivity index (χ2n) is 7.46. The average Bonchev–Trinajstić information content (AvgIpc) is 3.05. The van der Waals surface area contributed by atoms with Gasteiger partial charge in [0.15, 0.2) is 11.0 Å².